The van der Waals surface area contributed by atoms with Gasteiger partial charge in [0.05, 0.1) is 12.0 Å². The quantitative estimate of drug-likeness (QED) is 0.653. The molecule has 79 valence electrons. The minimum absolute atomic E-state index is 0.208. The molecular formula is C10H16NO3. The zero-order chi connectivity index (χ0) is 10.8. The van der Waals surface area contributed by atoms with Crippen LogP contribution in [-0.2, 0) is 14.3 Å². The van der Waals surface area contributed by atoms with E-state index in [9.17, 15) is 9.59 Å². The van der Waals surface area contributed by atoms with Crippen LogP contribution in [-0.4, -0.2) is 30.4 Å². The Morgan fingerprint density at radius 2 is 2.14 bits per heavy atom. The average Bonchev–Trinajstić information content (AvgIpc) is 2.48. The van der Waals surface area contributed by atoms with Crippen molar-refractivity contribution in [3.8, 4) is 0 Å². The fourth-order valence-corrected chi connectivity index (χ4v) is 1.39. The van der Waals surface area contributed by atoms with Crippen molar-refractivity contribution >= 4 is 12.3 Å². The molecule has 1 N–H and O–H groups in total. The van der Waals surface area contributed by atoms with Gasteiger partial charge in [-0.1, -0.05) is 0 Å². The molecule has 0 aliphatic carbocycles. The fraction of sp³-hybridized carbons (Fsp3) is 0.800. The Balaban J connectivity index is 2.43. The van der Waals surface area contributed by atoms with Gasteiger partial charge < -0.3 is 10.1 Å². The molecule has 1 saturated heterocycles. The van der Waals surface area contributed by atoms with Crippen LogP contribution in [0.15, 0.2) is 0 Å². The molecule has 1 fully saturated rings. The third-order valence-corrected chi connectivity index (χ3v) is 2.01. The zero-order valence-electron chi connectivity index (χ0n) is 8.79. The van der Waals surface area contributed by atoms with Crippen molar-refractivity contribution in [3.05, 3.63) is 0 Å². The second kappa shape index (κ2) is 4.09. The van der Waals surface area contributed by atoms with Gasteiger partial charge in [0, 0.05) is 6.54 Å². The summed E-state index contributed by atoms with van der Waals surface area (Å²) in [6.07, 6.45) is 2.34. The van der Waals surface area contributed by atoms with Crippen LogP contribution in [0.2, 0.25) is 0 Å². The van der Waals surface area contributed by atoms with Crippen LogP contribution in [0.25, 0.3) is 0 Å². The lowest BCUT2D eigenvalue weighted by atomic mass is 10.1. The van der Waals surface area contributed by atoms with Crippen LogP contribution in [0, 0.1) is 5.92 Å². The molecule has 1 aliphatic rings. The van der Waals surface area contributed by atoms with E-state index in [1.807, 2.05) is 27.1 Å². The number of carbonyl (C=O) groups is 1. The molecule has 4 heteroatoms. The van der Waals surface area contributed by atoms with E-state index in [0.717, 1.165) is 0 Å². The maximum Gasteiger partial charge on any atom is 0.310 e. The van der Waals surface area contributed by atoms with Crippen LogP contribution >= 0.6 is 0 Å². The Morgan fingerprint density at radius 3 is 2.57 bits per heavy atom. The molecule has 0 aromatic heterocycles. The number of esters is 1. The predicted octanol–water partition coefficient (Wildman–Crippen LogP) is 0.416. The van der Waals surface area contributed by atoms with E-state index in [2.05, 4.69) is 5.32 Å². The zero-order valence-corrected chi connectivity index (χ0v) is 8.79. The Labute approximate surface area is 84.0 Å². The first-order valence-corrected chi connectivity index (χ1v) is 4.76. The summed E-state index contributed by atoms with van der Waals surface area (Å²) in [6.45, 7) is 6.00. The Bertz CT molecular complexity index is 232. The summed E-state index contributed by atoms with van der Waals surface area (Å²) in [4.78, 5) is 21.9. The maximum atomic E-state index is 11.5. The molecule has 4 nitrogen and oxygen atoms in total. The van der Waals surface area contributed by atoms with E-state index in [0.29, 0.717) is 13.0 Å². The number of hydrogen-bond acceptors (Lipinski definition) is 4. The Morgan fingerprint density at radius 1 is 1.50 bits per heavy atom. The largest absolute Gasteiger partial charge is 0.460 e. The van der Waals surface area contributed by atoms with Crippen molar-refractivity contribution in [1.29, 1.82) is 0 Å². The molecule has 1 radical (unpaired) electrons. The molecule has 0 spiro atoms. The van der Waals surface area contributed by atoms with Gasteiger partial charge >= 0.3 is 5.97 Å². The van der Waals surface area contributed by atoms with Crippen molar-refractivity contribution < 1.29 is 14.3 Å². The number of hydrogen-bond donors (Lipinski definition) is 1. The standard InChI is InChI=1S/C10H16NO3/c1-10(2,3)14-9(13)7-4-8(6-12)11-5-7/h7-8,11H,4-5H2,1-3H3/t7?,8-/m0/s1. The van der Waals surface area contributed by atoms with E-state index in [-0.39, 0.29) is 17.9 Å². The number of ether oxygens (including phenoxy) is 1. The Kier molecular flexibility index (Phi) is 3.26. The summed E-state index contributed by atoms with van der Waals surface area (Å²) in [5.74, 6) is -0.441. The van der Waals surface area contributed by atoms with Gasteiger partial charge in [-0.3, -0.25) is 9.59 Å². The molecule has 1 aliphatic heterocycles. The highest BCUT2D eigenvalue weighted by Gasteiger charge is 2.32. The number of rotatable bonds is 2. The van der Waals surface area contributed by atoms with Crippen LogP contribution in [0.1, 0.15) is 27.2 Å². The van der Waals surface area contributed by atoms with Gasteiger partial charge in [-0.25, -0.2) is 0 Å². The first-order valence-electron chi connectivity index (χ1n) is 4.76. The van der Waals surface area contributed by atoms with Gasteiger partial charge in [0.1, 0.15) is 5.60 Å². The van der Waals surface area contributed by atoms with Crippen molar-refractivity contribution in [2.75, 3.05) is 6.54 Å². The van der Waals surface area contributed by atoms with E-state index in [1.165, 1.54) is 0 Å². The predicted molar refractivity (Wildman–Crippen MR) is 51.4 cm³/mol. The topological polar surface area (TPSA) is 55.4 Å². The van der Waals surface area contributed by atoms with E-state index < -0.39 is 5.60 Å². The molecule has 0 amide bonds. The van der Waals surface area contributed by atoms with E-state index in [1.54, 1.807) is 0 Å². The van der Waals surface area contributed by atoms with Crippen molar-refractivity contribution in [2.45, 2.75) is 38.8 Å². The summed E-state index contributed by atoms with van der Waals surface area (Å²) in [7, 11) is 0. The average molecular weight is 198 g/mol. The van der Waals surface area contributed by atoms with Crippen LogP contribution in [0.3, 0.4) is 0 Å². The summed E-state index contributed by atoms with van der Waals surface area (Å²) in [6, 6.07) is -0.312. The maximum absolute atomic E-state index is 11.5. The highest BCUT2D eigenvalue weighted by molar-refractivity contribution is 5.75. The molecule has 0 aromatic rings. The highest BCUT2D eigenvalue weighted by Crippen LogP contribution is 2.18. The molecule has 0 bridgehead atoms. The van der Waals surface area contributed by atoms with Gasteiger partial charge in [0.2, 0.25) is 6.29 Å². The fourth-order valence-electron chi connectivity index (χ4n) is 1.39. The smallest absolute Gasteiger partial charge is 0.310 e. The summed E-state index contributed by atoms with van der Waals surface area (Å²) < 4.78 is 5.21. The summed E-state index contributed by atoms with van der Waals surface area (Å²) in [5, 5.41) is 2.90. The minimum Gasteiger partial charge on any atom is -0.460 e. The van der Waals surface area contributed by atoms with Crippen molar-refractivity contribution in [1.82, 2.24) is 5.32 Å². The van der Waals surface area contributed by atoms with Crippen LogP contribution in [0.4, 0.5) is 0 Å². The lowest BCUT2D eigenvalue weighted by Crippen LogP contribution is -2.29. The third kappa shape index (κ3) is 3.10. The lowest BCUT2D eigenvalue weighted by Gasteiger charge is -2.21. The van der Waals surface area contributed by atoms with Crippen LogP contribution in [0.5, 0.6) is 0 Å². The number of nitrogens with one attached hydrogen (secondary N) is 1. The minimum atomic E-state index is -0.458. The molecule has 0 aromatic carbocycles. The highest BCUT2D eigenvalue weighted by atomic mass is 16.6. The van der Waals surface area contributed by atoms with Gasteiger partial charge in [-0.15, -0.1) is 0 Å². The van der Waals surface area contributed by atoms with Gasteiger partial charge in [-0.05, 0) is 27.2 Å². The second-order valence-corrected chi connectivity index (χ2v) is 4.54. The van der Waals surface area contributed by atoms with Crippen molar-refractivity contribution in [3.63, 3.8) is 0 Å². The SMILES string of the molecule is CC(C)(C)OC(=O)C1CN[C@H]([C]=O)C1. The van der Waals surface area contributed by atoms with Gasteiger partial charge in [0.25, 0.3) is 0 Å². The molecule has 0 saturated carbocycles. The molecule has 1 rings (SSSR count). The van der Waals surface area contributed by atoms with Crippen molar-refractivity contribution in [2.24, 2.45) is 5.92 Å². The van der Waals surface area contributed by atoms with Gasteiger partial charge in [-0.2, -0.15) is 0 Å². The summed E-state index contributed by atoms with van der Waals surface area (Å²) >= 11 is 0. The first kappa shape index (κ1) is 11.2. The normalized spacial score (nSPS) is 27.4. The monoisotopic (exact) mass is 198 g/mol. The Hall–Kier alpha value is -0.900. The molecule has 1 heterocycles. The first-order chi connectivity index (χ1) is 6.42. The number of carbonyl (C=O) groups excluding carboxylic acids is 2. The molecule has 14 heavy (non-hydrogen) atoms. The van der Waals surface area contributed by atoms with Crippen LogP contribution < -0.4 is 5.32 Å². The third-order valence-electron chi connectivity index (χ3n) is 2.01. The second-order valence-electron chi connectivity index (χ2n) is 4.54. The molecule has 1 unspecified atom stereocenters. The lowest BCUT2D eigenvalue weighted by molar-refractivity contribution is -0.159. The molecule has 2 atom stereocenters. The van der Waals surface area contributed by atoms with E-state index >= 15 is 0 Å². The van der Waals surface area contributed by atoms with E-state index in [4.69, 9.17) is 4.74 Å². The molecular weight excluding hydrogens is 182 g/mol. The summed E-state index contributed by atoms with van der Waals surface area (Å²) in [5.41, 5.74) is -0.458. The van der Waals surface area contributed by atoms with Gasteiger partial charge in [0.15, 0.2) is 0 Å².